The Hall–Kier alpha value is -2.20. The van der Waals surface area contributed by atoms with Crippen LogP contribution in [0.5, 0.6) is 6.01 Å². The highest BCUT2D eigenvalue weighted by Gasteiger charge is 2.32. The lowest BCUT2D eigenvalue weighted by Crippen LogP contribution is -2.50. The number of piperazine rings is 1. The molecule has 0 spiro atoms. The third-order valence-corrected chi connectivity index (χ3v) is 7.99. The number of rotatable bonds is 5. The molecule has 36 heavy (non-hydrogen) atoms. The van der Waals surface area contributed by atoms with Crippen molar-refractivity contribution in [2.75, 3.05) is 51.3 Å². The molecular weight excluding hydrogens is 529 g/mol. The second kappa shape index (κ2) is 9.93. The number of carbonyl (C=O) groups excluding carboxylic acids is 1. The van der Waals surface area contributed by atoms with Gasteiger partial charge in [-0.2, -0.15) is 9.97 Å². The van der Waals surface area contributed by atoms with E-state index >= 15 is 4.39 Å². The van der Waals surface area contributed by atoms with Crippen molar-refractivity contribution in [1.82, 2.24) is 19.8 Å². The normalized spacial score (nSPS) is 21.3. The summed E-state index contributed by atoms with van der Waals surface area (Å²) in [5.41, 5.74) is 0.694. The summed E-state index contributed by atoms with van der Waals surface area (Å²) in [6.07, 6.45) is 4.01. The maximum atomic E-state index is 15.6. The van der Waals surface area contributed by atoms with Gasteiger partial charge in [-0.05, 0) is 93.5 Å². The number of nitrogens with zero attached hydrogens (tertiary/aromatic N) is 5. The molecule has 5 rings (SSSR count). The first-order valence-electron chi connectivity index (χ1n) is 12.9. The molecular formula is C26H35BrFN5O3. The molecule has 1 aromatic carbocycles. The molecule has 196 valence electrons. The monoisotopic (exact) mass is 563 g/mol. The molecule has 2 saturated heterocycles. The van der Waals surface area contributed by atoms with Gasteiger partial charge in [0.1, 0.15) is 23.5 Å². The minimum absolute atomic E-state index is 0.192. The molecule has 8 nitrogen and oxygen atoms in total. The van der Waals surface area contributed by atoms with E-state index in [1.54, 1.807) is 4.90 Å². The zero-order chi connectivity index (χ0) is 25.6. The largest absolute Gasteiger partial charge is 0.462 e. The maximum Gasteiger partial charge on any atom is 0.410 e. The Kier molecular flexibility index (Phi) is 7.02. The average molecular weight is 565 g/mol. The Morgan fingerprint density at radius 3 is 2.47 bits per heavy atom. The number of ether oxygens (including phenoxy) is 2. The number of likely N-dealkylation sites (N-methyl/N-ethyl adjacent to an activating group) is 1. The quantitative estimate of drug-likeness (QED) is 0.510. The molecule has 1 saturated carbocycles. The molecule has 1 aliphatic carbocycles. The topological polar surface area (TPSA) is 71.0 Å². The van der Waals surface area contributed by atoms with Gasteiger partial charge < -0.3 is 24.2 Å². The van der Waals surface area contributed by atoms with E-state index < -0.39 is 5.60 Å². The number of anilines is 1. The lowest BCUT2D eigenvalue weighted by atomic mass is 10.1. The average Bonchev–Trinajstić information content (AvgIpc) is 3.59. The van der Waals surface area contributed by atoms with E-state index in [4.69, 9.17) is 14.5 Å². The molecule has 1 unspecified atom stereocenters. The van der Waals surface area contributed by atoms with Gasteiger partial charge in [-0.1, -0.05) is 0 Å². The van der Waals surface area contributed by atoms with Crippen LogP contribution >= 0.6 is 15.9 Å². The fourth-order valence-electron chi connectivity index (χ4n) is 4.97. The van der Waals surface area contributed by atoms with Crippen molar-refractivity contribution in [3.8, 4) is 6.01 Å². The summed E-state index contributed by atoms with van der Waals surface area (Å²) in [5.74, 6) is 0.657. The first-order chi connectivity index (χ1) is 17.1. The maximum absolute atomic E-state index is 15.6. The van der Waals surface area contributed by atoms with Crippen LogP contribution in [-0.4, -0.2) is 83.9 Å². The Morgan fingerprint density at radius 2 is 1.86 bits per heavy atom. The minimum Gasteiger partial charge on any atom is -0.462 e. The van der Waals surface area contributed by atoms with Gasteiger partial charge in [0, 0.05) is 37.6 Å². The summed E-state index contributed by atoms with van der Waals surface area (Å²) in [5, 5.41) is 0.689. The third-order valence-electron chi connectivity index (χ3n) is 7.18. The summed E-state index contributed by atoms with van der Waals surface area (Å²) in [6, 6.07) is 2.53. The first-order valence-corrected chi connectivity index (χ1v) is 13.7. The van der Waals surface area contributed by atoms with Gasteiger partial charge in [0.15, 0.2) is 5.82 Å². The zero-order valence-electron chi connectivity index (χ0n) is 21.5. The van der Waals surface area contributed by atoms with Gasteiger partial charge in [0.2, 0.25) is 0 Å². The van der Waals surface area contributed by atoms with Crippen molar-refractivity contribution < 1.29 is 18.7 Å². The fraction of sp³-hybridized carbons (Fsp3) is 0.654. The predicted octanol–water partition coefficient (Wildman–Crippen LogP) is 4.94. The molecule has 0 bridgehead atoms. The molecule has 3 fully saturated rings. The molecule has 3 aliphatic rings. The third kappa shape index (κ3) is 5.39. The molecule has 3 heterocycles. The fourth-order valence-corrected chi connectivity index (χ4v) is 5.60. The highest BCUT2D eigenvalue weighted by molar-refractivity contribution is 9.10. The van der Waals surface area contributed by atoms with E-state index in [0.29, 0.717) is 60.4 Å². The number of hydrogen-bond donors (Lipinski definition) is 0. The van der Waals surface area contributed by atoms with E-state index in [0.717, 1.165) is 37.8 Å². The van der Waals surface area contributed by atoms with Gasteiger partial charge in [0.05, 0.1) is 4.47 Å². The lowest BCUT2D eigenvalue weighted by Gasteiger charge is -2.36. The van der Waals surface area contributed by atoms with Crippen LogP contribution in [0.15, 0.2) is 10.5 Å². The van der Waals surface area contributed by atoms with Crippen LogP contribution in [0.3, 0.4) is 0 Å². The first kappa shape index (κ1) is 25.4. The van der Waals surface area contributed by atoms with Crippen LogP contribution in [0.2, 0.25) is 0 Å². The van der Waals surface area contributed by atoms with Crippen molar-refractivity contribution >= 4 is 38.7 Å². The van der Waals surface area contributed by atoms with Gasteiger partial charge in [-0.25, -0.2) is 9.18 Å². The number of likely N-dealkylation sites (tertiary alicyclic amines) is 1. The number of aromatic nitrogens is 2. The number of carbonyl (C=O) groups is 1. The number of hydrogen-bond acceptors (Lipinski definition) is 7. The number of amides is 1. The minimum atomic E-state index is -0.541. The Labute approximate surface area is 220 Å². The molecule has 0 radical (unpaired) electrons. The number of halogens is 2. The van der Waals surface area contributed by atoms with Crippen LogP contribution in [0.1, 0.15) is 57.9 Å². The van der Waals surface area contributed by atoms with Crippen molar-refractivity contribution in [1.29, 1.82) is 0 Å². The van der Waals surface area contributed by atoms with Crippen LogP contribution in [0, 0.1) is 5.82 Å². The van der Waals surface area contributed by atoms with Crippen molar-refractivity contribution in [2.45, 2.75) is 64.0 Å². The lowest BCUT2D eigenvalue weighted by molar-refractivity contribution is 0.0240. The number of benzene rings is 1. The van der Waals surface area contributed by atoms with Crippen LogP contribution in [-0.2, 0) is 4.74 Å². The van der Waals surface area contributed by atoms with Gasteiger partial charge in [-0.15, -0.1) is 0 Å². The van der Waals surface area contributed by atoms with E-state index in [1.807, 2.05) is 26.8 Å². The molecule has 1 aromatic heterocycles. The van der Waals surface area contributed by atoms with Gasteiger partial charge in [0.25, 0.3) is 0 Å². The summed E-state index contributed by atoms with van der Waals surface area (Å²) >= 11 is 3.48. The summed E-state index contributed by atoms with van der Waals surface area (Å²) < 4.78 is 27.7. The van der Waals surface area contributed by atoms with Crippen LogP contribution in [0.4, 0.5) is 15.0 Å². The summed E-state index contributed by atoms with van der Waals surface area (Å²) in [4.78, 5) is 27.9. The second-order valence-electron chi connectivity index (χ2n) is 11.1. The van der Waals surface area contributed by atoms with Crippen molar-refractivity contribution in [3.63, 3.8) is 0 Å². The Balaban J connectivity index is 1.44. The summed E-state index contributed by atoms with van der Waals surface area (Å²) in [7, 11) is 2.09. The Morgan fingerprint density at radius 1 is 1.14 bits per heavy atom. The van der Waals surface area contributed by atoms with E-state index in [2.05, 4.69) is 37.8 Å². The van der Waals surface area contributed by atoms with E-state index in [9.17, 15) is 4.79 Å². The molecule has 10 heteroatoms. The molecule has 2 aliphatic heterocycles. The molecule has 0 N–H and O–H groups in total. The predicted molar refractivity (Wildman–Crippen MR) is 140 cm³/mol. The second-order valence-corrected chi connectivity index (χ2v) is 11.9. The smallest absolute Gasteiger partial charge is 0.410 e. The van der Waals surface area contributed by atoms with Crippen molar-refractivity contribution in [2.24, 2.45) is 0 Å². The highest BCUT2D eigenvalue weighted by Crippen LogP contribution is 2.46. The molecule has 1 amide bonds. The Bertz CT molecular complexity index is 1140. The van der Waals surface area contributed by atoms with Gasteiger partial charge in [-0.3, -0.25) is 0 Å². The van der Waals surface area contributed by atoms with Crippen LogP contribution in [0.25, 0.3) is 10.9 Å². The molecule has 2 aromatic rings. The standard InChI is InChI=1S/C26H35BrFN5O3/c1-26(2,3)36-25(34)33-12-10-32(11-13-33)23-19-14-18(16-7-8-16)20(27)21(28)22(19)29-24(30-23)35-15-17-6-5-9-31(17)4/h14,16-17H,5-13,15H2,1-4H3. The zero-order valence-corrected chi connectivity index (χ0v) is 23.1. The van der Waals surface area contributed by atoms with E-state index in [-0.39, 0.29) is 23.4 Å². The van der Waals surface area contributed by atoms with Crippen LogP contribution < -0.4 is 9.64 Å². The van der Waals surface area contributed by atoms with Crippen molar-refractivity contribution in [3.05, 3.63) is 21.9 Å². The number of fused-ring (bicyclic) bond motifs is 1. The summed E-state index contributed by atoms with van der Waals surface area (Å²) in [6.45, 7) is 9.23. The van der Waals surface area contributed by atoms with Gasteiger partial charge >= 0.3 is 12.1 Å². The van der Waals surface area contributed by atoms with E-state index in [1.165, 1.54) is 0 Å². The molecule has 1 atom stereocenters. The SMILES string of the molecule is CN1CCCC1COc1nc(N2CCN(C(=O)OC(C)(C)C)CC2)c2cc(C3CC3)c(Br)c(F)c2n1. The highest BCUT2D eigenvalue weighted by atomic mass is 79.9.